The molecule has 0 spiro atoms. The average molecular weight is 523 g/mol. The summed E-state index contributed by atoms with van der Waals surface area (Å²) in [5.74, 6) is -1.65. The van der Waals surface area contributed by atoms with Crippen LogP contribution in [-0.2, 0) is 16.4 Å². The summed E-state index contributed by atoms with van der Waals surface area (Å²) >= 11 is 0. The minimum absolute atomic E-state index is 0.0526. The second kappa shape index (κ2) is 9.46. The zero-order valence-corrected chi connectivity index (χ0v) is 20.1. The van der Waals surface area contributed by atoms with E-state index in [0.717, 1.165) is 6.33 Å². The maximum atomic E-state index is 13.4. The number of rotatable bonds is 6. The van der Waals surface area contributed by atoms with Crippen LogP contribution in [0.4, 0.5) is 4.39 Å². The molecule has 5 rings (SSSR count). The van der Waals surface area contributed by atoms with Crippen molar-refractivity contribution in [2.75, 3.05) is 5.75 Å². The molecule has 0 saturated carbocycles. The van der Waals surface area contributed by atoms with Gasteiger partial charge in [0.15, 0.2) is 9.84 Å². The van der Waals surface area contributed by atoms with E-state index in [1.165, 1.54) is 18.2 Å². The molecule has 4 aromatic rings. The van der Waals surface area contributed by atoms with E-state index in [-0.39, 0.29) is 40.2 Å². The molecule has 37 heavy (non-hydrogen) atoms. The second-order valence-electron chi connectivity index (χ2n) is 8.35. The molecule has 188 valence electrons. The number of hydrogen-bond acceptors (Lipinski definition) is 9. The Bertz CT molecular complexity index is 1630. The van der Waals surface area contributed by atoms with Crippen LogP contribution in [0.3, 0.4) is 0 Å². The summed E-state index contributed by atoms with van der Waals surface area (Å²) < 4.78 is 39.0. The summed E-state index contributed by atoms with van der Waals surface area (Å²) in [5.41, 5.74) is 1.87. The lowest BCUT2D eigenvalue weighted by Crippen LogP contribution is -2.31. The molecule has 1 aliphatic rings. The van der Waals surface area contributed by atoms with Crippen LogP contribution >= 0.6 is 0 Å². The van der Waals surface area contributed by atoms with Crippen molar-refractivity contribution >= 4 is 21.7 Å². The fourth-order valence-electron chi connectivity index (χ4n) is 3.96. The SMILES string of the molecule is Cc1cc(CNC(=O)c2cc(C(=O)N[C@H]3CS(=O)(=O)c4cc(-c5nn[nH]n5)ccc43)ncn2)ccc1F. The van der Waals surface area contributed by atoms with Crippen LogP contribution in [0.2, 0.25) is 0 Å². The van der Waals surface area contributed by atoms with Crippen molar-refractivity contribution < 1.29 is 22.4 Å². The average Bonchev–Trinajstić information content (AvgIpc) is 3.51. The number of benzene rings is 2. The van der Waals surface area contributed by atoms with Crippen molar-refractivity contribution in [3.63, 3.8) is 0 Å². The van der Waals surface area contributed by atoms with E-state index in [9.17, 15) is 22.4 Å². The van der Waals surface area contributed by atoms with Gasteiger partial charge >= 0.3 is 0 Å². The van der Waals surface area contributed by atoms with Crippen LogP contribution in [0.15, 0.2) is 53.7 Å². The van der Waals surface area contributed by atoms with Gasteiger partial charge in [-0.05, 0) is 41.0 Å². The molecule has 12 nitrogen and oxygen atoms in total. The number of H-pyrrole nitrogens is 1. The van der Waals surface area contributed by atoms with Gasteiger partial charge in [-0.15, -0.1) is 10.2 Å². The molecule has 14 heteroatoms. The van der Waals surface area contributed by atoms with Crippen LogP contribution in [0.1, 0.15) is 43.7 Å². The van der Waals surface area contributed by atoms with E-state index < -0.39 is 27.7 Å². The zero-order chi connectivity index (χ0) is 26.2. The normalized spacial score (nSPS) is 15.7. The minimum atomic E-state index is -3.68. The maximum Gasteiger partial charge on any atom is 0.270 e. The van der Waals surface area contributed by atoms with Crippen molar-refractivity contribution in [3.8, 4) is 11.4 Å². The van der Waals surface area contributed by atoms with E-state index in [1.807, 2.05) is 0 Å². The van der Waals surface area contributed by atoms with Gasteiger partial charge in [-0.1, -0.05) is 24.3 Å². The van der Waals surface area contributed by atoms with Gasteiger partial charge in [0.05, 0.1) is 16.7 Å². The first-order valence-electron chi connectivity index (χ1n) is 11.0. The van der Waals surface area contributed by atoms with Crippen molar-refractivity contribution in [2.24, 2.45) is 0 Å². The summed E-state index contributed by atoms with van der Waals surface area (Å²) in [5, 5.41) is 18.8. The lowest BCUT2D eigenvalue weighted by atomic mass is 10.1. The third kappa shape index (κ3) is 4.91. The summed E-state index contributed by atoms with van der Waals surface area (Å²) in [6.45, 7) is 1.75. The van der Waals surface area contributed by atoms with Crippen molar-refractivity contribution in [2.45, 2.75) is 24.4 Å². The Morgan fingerprint density at radius 3 is 2.59 bits per heavy atom. The van der Waals surface area contributed by atoms with E-state index in [1.54, 1.807) is 31.2 Å². The molecule has 0 radical (unpaired) electrons. The molecular weight excluding hydrogens is 503 g/mol. The lowest BCUT2D eigenvalue weighted by molar-refractivity contribution is 0.0935. The van der Waals surface area contributed by atoms with E-state index in [4.69, 9.17) is 0 Å². The molecule has 2 amide bonds. The number of nitrogens with one attached hydrogen (secondary N) is 3. The first-order valence-corrected chi connectivity index (χ1v) is 12.6. The number of nitrogens with zero attached hydrogens (tertiary/aromatic N) is 5. The van der Waals surface area contributed by atoms with E-state index in [2.05, 4.69) is 41.2 Å². The van der Waals surface area contributed by atoms with Gasteiger partial charge in [0.2, 0.25) is 5.82 Å². The number of carbonyl (C=O) groups is 2. The molecule has 0 fully saturated rings. The molecule has 2 aromatic heterocycles. The Labute approximate surface area is 209 Å². The Hall–Kier alpha value is -4.59. The summed E-state index contributed by atoms with van der Waals surface area (Å²) in [6.07, 6.45) is 1.07. The van der Waals surface area contributed by atoms with Crippen molar-refractivity contribution in [3.05, 3.63) is 82.7 Å². The Morgan fingerprint density at radius 1 is 1.08 bits per heavy atom. The van der Waals surface area contributed by atoms with Gasteiger partial charge in [-0.25, -0.2) is 22.8 Å². The third-order valence-corrected chi connectivity index (χ3v) is 7.62. The van der Waals surface area contributed by atoms with E-state index in [0.29, 0.717) is 22.3 Å². The largest absolute Gasteiger partial charge is 0.347 e. The smallest absolute Gasteiger partial charge is 0.270 e. The number of fused-ring (bicyclic) bond motifs is 1. The van der Waals surface area contributed by atoms with Gasteiger partial charge < -0.3 is 10.6 Å². The van der Waals surface area contributed by atoms with Crippen LogP contribution in [0, 0.1) is 12.7 Å². The van der Waals surface area contributed by atoms with Crippen molar-refractivity contribution in [1.82, 2.24) is 41.2 Å². The van der Waals surface area contributed by atoms with Gasteiger partial charge in [-0.2, -0.15) is 5.21 Å². The number of halogens is 1. The molecule has 0 saturated heterocycles. The van der Waals surface area contributed by atoms with Crippen molar-refractivity contribution in [1.29, 1.82) is 0 Å². The highest BCUT2D eigenvalue weighted by Crippen LogP contribution is 2.35. The number of aromatic nitrogens is 6. The number of tetrazole rings is 1. The lowest BCUT2D eigenvalue weighted by Gasteiger charge is -2.13. The maximum absolute atomic E-state index is 13.4. The topological polar surface area (TPSA) is 173 Å². The molecule has 0 bridgehead atoms. The number of aromatic amines is 1. The number of aryl methyl sites for hydroxylation is 1. The third-order valence-electron chi connectivity index (χ3n) is 5.83. The van der Waals surface area contributed by atoms with Gasteiger partial charge in [0.1, 0.15) is 23.5 Å². The first-order chi connectivity index (χ1) is 17.7. The van der Waals surface area contributed by atoms with Crippen LogP contribution < -0.4 is 10.6 Å². The molecule has 2 aromatic carbocycles. The molecular formula is C23H19FN8O4S. The summed E-state index contributed by atoms with van der Waals surface area (Å²) in [6, 6.07) is 9.55. The number of sulfone groups is 1. The Kier molecular flexibility index (Phi) is 6.17. The van der Waals surface area contributed by atoms with E-state index >= 15 is 0 Å². The Balaban J connectivity index is 1.29. The van der Waals surface area contributed by atoms with Crippen LogP contribution in [0.5, 0.6) is 0 Å². The molecule has 1 atom stereocenters. The molecule has 0 aliphatic carbocycles. The fourth-order valence-corrected chi connectivity index (χ4v) is 5.72. The summed E-state index contributed by atoms with van der Waals surface area (Å²) in [7, 11) is -3.68. The fraction of sp³-hybridized carbons (Fsp3) is 0.174. The first kappa shape index (κ1) is 24.1. The quantitative estimate of drug-likeness (QED) is 0.337. The molecule has 3 N–H and O–H groups in total. The minimum Gasteiger partial charge on any atom is -0.347 e. The van der Waals surface area contributed by atoms with Gasteiger partial charge in [0.25, 0.3) is 11.8 Å². The second-order valence-corrected chi connectivity index (χ2v) is 10.4. The van der Waals surface area contributed by atoms with Gasteiger partial charge in [-0.3, -0.25) is 9.59 Å². The van der Waals surface area contributed by atoms with Crippen LogP contribution in [0.25, 0.3) is 11.4 Å². The highest BCUT2D eigenvalue weighted by Gasteiger charge is 2.36. The highest BCUT2D eigenvalue weighted by molar-refractivity contribution is 7.91. The number of hydrogen-bond donors (Lipinski definition) is 3. The molecule has 3 heterocycles. The zero-order valence-electron chi connectivity index (χ0n) is 19.3. The molecule has 0 unspecified atom stereocenters. The van der Waals surface area contributed by atoms with Gasteiger partial charge in [0, 0.05) is 18.2 Å². The summed E-state index contributed by atoms with van der Waals surface area (Å²) in [4.78, 5) is 33.4. The molecule has 1 aliphatic heterocycles. The predicted octanol–water partition coefficient (Wildman–Crippen LogP) is 1.29. The highest BCUT2D eigenvalue weighted by atomic mass is 32.2. The monoisotopic (exact) mass is 522 g/mol. The Morgan fingerprint density at radius 2 is 1.86 bits per heavy atom. The standard InChI is InChI=1S/C23H19FN8O4S/c1-12-6-13(2-5-16(12)24)9-25-22(33)17-8-18(27-11-26-17)23(34)28-19-10-37(35,36)20-7-14(3-4-15(19)20)21-29-31-32-30-21/h2-8,11,19H,9-10H2,1H3,(H,25,33)(H,28,34)(H,29,30,31,32)/t19-/m0/s1. The number of carbonyl (C=O) groups excluding carboxylic acids is 2. The van der Waals surface area contributed by atoms with Crippen LogP contribution in [-0.4, -0.2) is 56.6 Å². The number of amides is 2. The predicted molar refractivity (Wildman–Crippen MR) is 126 cm³/mol.